The molecule has 1 aromatic carbocycles. The number of hydrogen-bond donors (Lipinski definition) is 1. The average molecular weight is 287 g/mol. The van der Waals surface area contributed by atoms with Crippen molar-refractivity contribution in [3.05, 3.63) is 29.3 Å². The summed E-state index contributed by atoms with van der Waals surface area (Å²) in [7, 11) is 1.64. The van der Waals surface area contributed by atoms with Gasteiger partial charge in [-0.3, -0.25) is 4.79 Å². The van der Waals surface area contributed by atoms with Gasteiger partial charge in [0.2, 0.25) is 5.91 Å². The number of piperazine rings is 1. The van der Waals surface area contributed by atoms with Crippen molar-refractivity contribution in [1.29, 1.82) is 0 Å². The van der Waals surface area contributed by atoms with Crippen LogP contribution in [0.15, 0.2) is 18.2 Å². The van der Waals surface area contributed by atoms with E-state index in [4.69, 9.17) is 5.73 Å². The Bertz CT molecular complexity index is 516. The molecule has 0 aliphatic carbocycles. The first-order valence-electron chi connectivity index (χ1n) is 6.22. The topological polar surface area (TPSA) is 49.6 Å². The predicted octanol–water partition coefficient (Wildman–Crippen LogP) is 1.44. The van der Waals surface area contributed by atoms with Gasteiger partial charge in [0.15, 0.2) is 0 Å². The highest BCUT2D eigenvalue weighted by molar-refractivity contribution is 5.83. The van der Waals surface area contributed by atoms with Gasteiger partial charge in [0.05, 0.1) is 12.1 Å². The van der Waals surface area contributed by atoms with E-state index in [9.17, 15) is 18.0 Å². The SMILES string of the molecule is CN1CCN(c2ccc(CN)cc2C(F)(F)F)CC1=O. The van der Waals surface area contributed by atoms with Gasteiger partial charge >= 0.3 is 6.18 Å². The third kappa shape index (κ3) is 2.87. The summed E-state index contributed by atoms with van der Waals surface area (Å²) in [5.41, 5.74) is 5.11. The van der Waals surface area contributed by atoms with Gasteiger partial charge in [-0.1, -0.05) is 6.07 Å². The smallest absolute Gasteiger partial charge is 0.360 e. The molecule has 4 nitrogen and oxygen atoms in total. The molecule has 0 radical (unpaired) electrons. The van der Waals surface area contributed by atoms with Crippen LogP contribution in [-0.4, -0.2) is 37.5 Å². The van der Waals surface area contributed by atoms with Gasteiger partial charge in [-0.25, -0.2) is 0 Å². The fourth-order valence-electron chi connectivity index (χ4n) is 2.18. The van der Waals surface area contributed by atoms with Gasteiger partial charge < -0.3 is 15.5 Å². The molecule has 1 amide bonds. The Morgan fingerprint density at radius 2 is 2.00 bits per heavy atom. The van der Waals surface area contributed by atoms with Crippen molar-refractivity contribution in [3.63, 3.8) is 0 Å². The first kappa shape index (κ1) is 14.6. The number of rotatable bonds is 2. The zero-order valence-electron chi connectivity index (χ0n) is 11.1. The molecule has 0 aromatic heterocycles. The van der Waals surface area contributed by atoms with Crippen LogP contribution in [0.3, 0.4) is 0 Å². The lowest BCUT2D eigenvalue weighted by Crippen LogP contribution is -2.49. The summed E-state index contributed by atoms with van der Waals surface area (Å²) in [6, 6.07) is 4.01. The van der Waals surface area contributed by atoms with E-state index < -0.39 is 11.7 Å². The van der Waals surface area contributed by atoms with E-state index in [2.05, 4.69) is 0 Å². The van der Waals surface area contributed by atoms with Gasteiger partial charge in [0.25, 0.3) is 0 Å². The molecular weight excluding hydrogens is 271 g/mol. The molecule has 1 aliphatic rings. The first-order chi connectivity index (χ1) is 9.32. The van der Waals surface area contributed by atoms with Crippen molar-refractivity contribution >= 4 is 11.6 Å². The molecule has 0 bridgehead atoms. The first-order valence-corrected chi connectivity index (χ1v) is 6.22. The Morgan fingerprint density at radius 3 is 2.55 bits per heavy atom. The van der Waals surface area contributed by atoms with Crippen molar-refractivity contribution in [2.75, 3.05) is 31.6 Å². The number of halogens is 3. The number of amides is 1. The van der Waals surface area contributed by atoms with Crippen LogP contribution in [0, 0.1) is 0 Å². The van der Waals surface area contributed by atoms with Crippen LogP contribution < -0.4 is 10.6 Å². The molecule has 20 heavy (non-hydrogen) atoms. The van der Waals surface area contributed by atoms with Crippen LogP contribution in [0.25, 0.3) is 0 Å². The molecule has 1 saturated heterocycles. The summed E-state index contributed by atoms with van der Waals surface area (Å²) < 4.78 is 39.4. The second kappa shape index (κ2) is 5.32. The van der Waals surface area contributed by atoms with Gasteiger partial charge in [-0.2, -0.15) is 13.2 Å². The van der Waals surface area contributed by atoms with Crippen molar-refractivity contribution < 1.29 is 18.0 Å². The lowest BCUT2D eigenvalue weighted by molar-refractivity contribution is -0.137. The van der Waals surface area contributed by atoms with E-state index >= 15 is 0 Å². The minimum atomic E-state index is -4.47. The summed E-state index contributed by atoms with van der Waals surface area (Å²) in [6.45, 7) is 0.800. The maximum Gasteiger partial charge on any atom is 0.418 e. The number of carbonyl (C=O) groups excluding carboxylic acids is 1. The van der Waals surface area contributed by atoms with Crippen molar-refractivity contribution in [1.82, 2.24) is 4.90 Å². The van der Waals surface area contributed by atoms with Gasteiger partial charge in [-0.15, -0.1) is 0 Å². The molecule has 1 fully saturated rings. The van der Waals surface area contributed by atoms with Crippen molar-refractivity contribution in [3.8, 4) is 0 Å². The van der Waals surface area contributed by atoms with Gasteiger partial charge in [0.1, 0.15) is 0 Å². The number of hydrogen-bond acceptors (Lipinski definition) is 3. The monoisotopic (exact) mass is 287 g/mol. The third-order valence-electron chi connectivity index (χ3n) is 3.40. The van der Waals surface area contributed by atoms with Crippen LogP contribution in [0.5, 0.6) is 0 Å². The summed E-state index contributed by atoms with van der Waals surface area (Å²) in [5, 5.41) is 0. The fourth-order valence-corrected chi connectivity index (χ4v) is 2.18. The minimum absolute atomic E-state index is 0.0381. The Kier molecular flexibility index (Phi) is 3.89. The van der Waals surface area contributed by atoms with Gasteiger partial charge in [0, 0.05) is 32.4 Å². The summed E-state index contributed by atoms with van der Waals surface area (Å²) in [4.78, 5) is 14.6. The summed E-state index contributed by atoms with van der Waals surface area (Å²) in [6.07, 6.45) is -4.47. The quantitative estimate of drug-likeness (QED) is 0.895. The predicted molar refractivity (Wildman–Crippen MR) is 69.2 cm³/mol. The number of alkyl halides is 3. The average Bonchev–Trinajstić information content (AvgIpc) is 2.40. The zero-order chi connectivity index (χ0) is 14.9. The van der Waals surface area contributed by atoms with E-state index in [1.54, 1.807) is 13.1 Å². The number of nitrogens with two attached hydrogens (primary N) is 1. The molecule has 2 N–H and O–H groups in total. The largest absolute Gasteiger partial charge is 0.418 e. The van der Waals surface area contributed by atoms with Crippen LogP contribution >= 0.6 is 0 Å². The van der Waals surface area contributed by atoms with Gasteiger partial charge in [-0.05, 0) is 17.7 Å². The highest BCUT2D eigenvalue weighted by Gasteiger charge is 2.36. The van der Waals surface area contributed by atoms with Crippen LogP contribution in [0.4, 0.5) is 18.9 Å². The van der Waals surface area contributed by atoms with Crippen LogP contribution in [-0.2, 0) is 17.5 Å². The molecule has 2 rings (SSSR count). The lowest BCUT2D eigenvalue weighted by atomic mass is 10.1. The second-order valence-electron chi connectivity index (χ2n) is 4.79. The third-order valence-corrected chi connectivity index (χ3v) is 3.40. The van der Waals surface area contributed by atoms with E-state index in [0.717, 1.165) is 6.07 Å². The molecule has 7 heteroatoms. The maximum atomic E-state index is 13.1. The molecule has 0 saturated carbocycles. The molecule has 1 aromatic rings. The lowest BCUT2D eigenvalue weighted by Gasteiger charge is -2.35. The summed E-state index contributed by atoms with van der Waals surface area (Å²) >= 11 is 0. The van der Waals surface area contributed by atoms with E-state index in [0.29, 0.717) is 18.7 Å². The number of anilines is 1. The minimum Gasteiger partial charge on any atom is -0.360 e. The van der Waals surface area contributed by atoms with E-state index in [1.165, 1.54) is 15.9 Å². The van der Waals surface area contributed by atoms with E-state index in [-0.39, 0.29) is 24.7 Å². The number of nitrogens with zero attached hydrogens (tertiary/aromatic N) is 2. The molecule has 0 unspecified atom stereocenters. The molecule has 0 spiro atoms. The molecule has 0 atom stereocenters. The Hall–Kier alpha value is -1.76. The fraction of sp³-hybridized carbons (Fsp3) is 0.462. The normalized spacial score (nSPS) is 16.8. The van der Waals surface area contributed by atoms with E-state index in [1.807, 2.05) is 0 Å². The zero-order valence-corrected chi connectivity index (χ0v) is 11.1. The Balaban J connectivity index is 2.38. The standard InChI is InChI=1S/C13H16F3N3O/c1-18-4-5-19(8-12(18)20)11-3-2-9(7-17)6-10(11)13(14,15)16/h2-3,6H,4-5,7-8,17H2,1H3. The second-order valence-corrected chi connectivity index (χ2v) is 4.79. The highest BCUT2D eigenvalue weighted by Crippen LogP contribution is 2.37. The Morgan fingerprint density at radius 1 is 1.30 bits per heavy atom. The highest BCUT2D eigenvalue weighted by atomic mass is 19.4. The van der Waals surface area contributed by atoms with Crippen molar-refractivity contribution in [2.24, 2.45) is 5.73 Å². The summed E-state index contributed by atoms with van der Waals surface area (Å²) in [5.74, 6) is -0.188. The number of benzene rings is 1. The molecule has 1 aliphatic heterocycles. The molecule has 1 heterocycles. The number of carbonyl (C=O) groups is 1. The molecular formula is C13H16F3N3O. The number of likely N-dealkylation sites (N-methyl/N-ethyl adjacent to an activating group) is 1. The molecule has 110 valence electrons. The van der Waals surface area contributed by atoms with Crippen LogP contribution in [0.1, 0.15) is 11.1 Å². The van der Waals surface area contributed by atoms with Crippen LogP contribution in [0.2, 0.25) is 0 Å². The Labute approximate surface area is 114 Å². The van der Waals surface area contributed by atoms with Crippen molar-refractivity contribution in [2.45, 2.75) is 12.7 Å². The maximum absolute atomic E-state index is 13.1.